The van der Waals surface area contributed by atoms with Gasteiger partial charge in [0, 0.05) is 6.54 Å². The Morgan fingerprint density at radius 1 is 1.44 bits per heavy atom. The first kappa shape index (κ1) is 15.0. The molecule has 0 aliphatic heterocycles. The molecule has 4 nitrogen and oxygen atoms in total. The molecule has 0 unspecified atom stereocenters. The molecule has 0 bridgehead atoms. The fraction of sp³-hybridized carbons (Fsp3) is 0.786. The molecule has 4 heteroatoms. The van der Waals surface area contributed by atoms with Gasteiger partial charge < -0.3 is 15.7 Å². The Balaban J connectivity index is 2.21. The zero-order valence-corrected chi connectivity index (χ0v) is 11.5. The van der Waals surface area contributed by atoms with Crippen LogP contribution in [0.5, 0.6) is 0 Å². The van der Waals surface area contributed by atoms with Crippen LogP contribution in [-0.4, -0.2) is 30.3 Å². The molecule has 18 heavy (non-hydrogen) atoms. The molecule has 0 spiro atoms. The molecule has 0 aromatic carbocycles. The summed E-state index contributed by atoms with van der Waals surface area (Å²) in [6.07, 6.45) is 8.49. The van der Waals surface area contributed by atoms with Crippen LogP contribution in [0, 0.1) is 11.8 Å². The van der Waals surface area contributed by atoms with Crippen LogP contribution in [0.3, 0.4) is 0 Å². The van der Waals surface area contributed by atoms with Crippen molar-refractivity contribution in [3.05, 3.63) is 12.2 Å². The summed E-state index contributed by atoms with van der Waals surface area (Å²) < 4.78 is 0. The number of hydrogen-bond acceptors (Lipinski definition) is 2. The number of carbonyl (C=O) groups is 1. The van der Waals surface area contributed by atoms with Gasteiger partial charge in [-0.1, -0.05) is 26.0 Å². The zero-order chi connectivity index (χ0) is 13.4. The topological polar surface area (TPSA) is 61.4 Å². The molecule has 104 valence electrons. The predicted octanol–water partition coefficient (Wildman–Crippen LogP) is 2.05. The average molecular weight is 254 g/mol. The van der Waals surface area contributed by atoms with Crippen molar-refractivity contribution in [2.75, 3.05) is 13.2 Å². The van der Waals surface area contributed by atoms with Gasteiger partial charge in [-0.25, -0.2) is 4.79 Å². The predicted molar refractivity (Wildman–Crippen MR) is 73.3 cm³/mol. The van der Waals surface area contributed by atoms with Gasteiger partial charge in [0.25, 0.3) is 0 Å². The van der Waals surface area contributed by atoms with E-state index in [0.717, 1.165) is 32.2 Å². The van der Waals surface area contributed by atoms with Crippen molar-refractivity contribution in [3.8, 4) is 0 Å². The summed E-state index contributed by atoms with van der Waals surface area (Å²) >= 11 is 0. The third kappa shape index (κ3) is 6.05. The molecule has 1 rings (SSSR count). The molecule has 0 aromatic rings. The van der Waals surface area contributed by atoms with Gasteiger partial charge in [-0.2, -0.15) is 0 Å². The number of carbonyl (C=O) groups excluding carboxylic acids is 1. The van der Waals surface area contributed by atoms with Crippen LogP contribution in [0.1, 0.15) is 39.5 Å². The van der Waals surface area contributed by atoms with Gasteiger partial charge >= 0.3 is 6.03 Å². The van der Waals surface area contributed by atoms with Gasteiger partial charge in [0.1, 0.15) is 0 Å². The van der Waals surface area contributed by atoms with Crippen LogP contribution >= 0.6 is 0 Å². The molecule has 0 saturated heterocycles. The molecule has 0 aromatic heterocycles. The Morgan fingerprint density at radius 3 is 2.78 bits per heavy atom. The van der Waals surface area contributed by atoms with Crippen LogP contribution < -0.4 is 10.6 Å². The molecule has 3 N–H and O–H groups in total. The Bertz CT molecular complexity index is 277. The summed E-state index contributed by atoms with van der Waals surface area (Å²) in [6, 6.07) is -0.305. The standard InChI is InChI=1S/C14H26N2O2/c1-11(2)8-13(10-17)16-14(18)15-9-12-6-4-3-5-7-12/h3-4,11-13,17H,5-10H2,1-2H3,(H2,15,16,18)/t12-,13-/m0/s1. The number of hydrogen-bond donors (Lipinski definition) is 3. The minimum atomic E-state index is -0.163. The highest BCUT2D eigenvalue weighted by atomic mass is 16.3. The highest BCUT2D eigenvalue weighted by Gasteiger charge is 2.14. The first-order valence-corrected chi connectivity index (χ1v) is 6.92. The number of urea groups is 1. The Kier molecular flexibility index (Phi) is 6.80. The van der Waals surface area contributed by atoms with Crippen LogP contribution in [0.2, 0.25) is 0 Å². The smallest absolute Gasteiger partial charge is 0.315 e. The second kappa shape index (κ2) is 8.14. The summed E-state index contributed by atoms with van der Waals surface area (Å²) in [7, 11) is 0. The number of aliphatic hydroxyl groups is 1. The van der Waals surface area contributed by atoms with Crippen molar-refractivity contribution in [1.29, 1.82) is 0 Å². The van der Waals surface area contributed by atoms with E-state index in [9.17, 15) is 9.90 Å². The highest BCUT2D eigenvalue weighted by molar-refractivity contribution is 5.74. The summed E-state index contributed by atoms with van der Waals surface area (Å²) in [4.78, 5) is 11.7. The van der Waals surface area contributed by atoms with Crippen LogP contribution in [-0.2, 0) is 0 Å². The molecule has 0 fully saturated rings. The first-order valence-electron chi connectivity index (χ1n) is 6.92. The van der Waals surface area contributed by atoms with Crippen molar-refractivity contribution in [3.63, 3.8) is 0 Å². The second-order valence-corrected chi connectivity index (χ2v) is 5.51. The molecule has 1 aliphatic carbocycles. The van der Waals surface area contributed by atoms with Crippen molar-refractivity contribution >= 4 is 6.03 Å². The molecular formula is C14H26N2O2. The summed E-state index contributed by atoms with van der Waals surface area (Å²) in [5, 5.41) is 14.9. The molecule has 2 amide bonds. The molecule has 1 aliphatic rings. The largest absolute Gasteiger partial charge is 0.394 e. The van der Waals surface area contributed by atoms with Gasteiger partial charge in [0.2, 0.25) is 0 Å². The fourth-order valence-electron chi connectivity index (χ4n) is 2.26. The molecular weight excluding hydrogens is 228 g/mol. The van der Waals surface area contributed by atoms with E-state index >= 15 is 0 Å². The maximum Gasteiger partial charge on any atom is 0.315 e. The monoisotopic (exact) mass is 254 g/mol. The molecule has 0 radical (unpaired) electrons. The van der Waals surface area contributed by atoms with E-state index in [1.54, 1.807) is 0 Å². The van der Waals surface area contributed by atoms with E-state index in [2.05, 4.69) is 36.6 Å². The van der Waals surface area contributed by atoms with E-state index in [4.69, 9.17) is 0 Å². The number of aliphatic hydroxyl groups excluding tert-OH is 1. The lowest BCUT2D eigenvalue weighted by Crippen LogP contribution is -2.45. The van der Waals surface area contributed by atoms with Crippen molar-refractivity contribution < 1.29 is 9.90 Å². The van der Waals surface area contributed by atoms with Crippen molar-refractivity contribution in [1.82, 2.24) is 10.6 Å². The Morgan fingerprint density at radius 2 is 2.22 bits per heavy atom. The number of allylic oxidation sites excluding steroid dienone is 2. The SMILES string of the molecule is CC(C)C[C@@H](CO)NC(=O)NC[C@H]1CC=CCC1. The van der Waals surface area contributed by atoms with E-state index in [0.29, 0.717) is 11.8 Å². The Labute approximate surface area is 110 Å². The van der Waals surface area contributed by atoms with Gasteiger partial charge in [-0.3, -0.25) is 0 Å². The van der Waals surface area contributed by atoms with Crippen molar-refractivity contribution in [2.24, 2.45) is 11.8 Å². The lowest BCUT2D eigenvalue weighted by atomic mass is 9.94. The third-order valence-electron chi connectivity index (χ3n) is 3.24. The molecule has 0 saturated carbocycles. The van der Waals surface area contributed by atoms with E-state index in [1.165, 1.54) is 0 Å². The van der Waals surface area contributed by atoms with E-state index in [1.807, 2.05) is 0 Å². The van der Waals surface area contributed by atoms with Crippen LogP contribution in [0.25, 0.3) is 0 Å². The number of rotatable bonds is 6. The lowest BCUT2D eigenvalue weighted by Gasteiger charge is -2.21. The fourth-order valence-corrected chi connectivity index (χ4v) is 2.26. The summed E-state index contributed by atoms with van der Waals surface area (Å²) in [5.41, 5.74) is 0. The number of amides is 2. The summed E-state index contributed by atoms with van der Waals surface area (Å²) in [5.74, 6) is 1.02. The van der Waals surface area contributed by atoms with Gasteiger partial charge in [0.15, 0.2) is 0 Å². The minimum absolute atomic E-state index is 0.00222. The maximum atomic E-state index is 11.7. The third-order valence-corrected chi connectivity index (χ3v) is 3.24. The second-order valence-electron chi connectivity index (χ2n) is 5.51. The van der Waals surface area contributed by atoms with Gasteiger partial charge in [0.05, 0.1) is 12.6 Å². The quantitative estimate of drug-likeness (QED) is 0.635. The average Bonchev–Trinajstić information content (AvgIpc) is 2.36. The highest BCUT2D eigenvalue weighted by Crippen LogP contribution is 2.16. The zero-order valence-electron chi connectivity index (χ0n) is 11.5. The Hall–Kier alpha value is -1.03. The van der Waals surface area contributed by atoms with E-state index in [-0.39, 0.29) is 18.7 Å². The normalized spacial score (nSPS) is 20.8. The lowest BCUT2D eigenvalue weighted by molar-refractivity contribution is 0.205. The van der Waals surface area contributed by atoms with Crippen molar-refractivity contribution in [2.45, 2.75) is 45.6 Å². The summed E-state index contributed by atoms with van der Waals surface area (Å²) in [6.45, 7) is 4.88. The number of nitrogens with one attached hydrogen (secondary N) is 2. The first-order chi connectivity index (χ1) is 8.61. The van der Waals surface area contributed by atoms with Gasteiger partial charge in [-0.15, -0.1) is 0 Å². The molecule has 2 atom stereocenters. The molecule has 0 heterocycles. The maximum absolute atomic E-state index is 11.7. The van der Waals surface area contributed by atoms with E-state index < -0.39 is 0 Å². The van der Waals surface area contributed by atoms with Crippen LogP contribution in [0.15, 0.2) is 12.2 Å². The minimum Gasteiger partial charge on any atom is -0.394 e. The van der Waals surface area contributed by atoms with Gasteiger partial charge in [-0.05, 0) is 37.5 Å². The van der Waals surface area contributed by atoms with Crippen LogP contribution in [0.4, 0.5) is 4.79 Å².